The largest absolute Gasteiger partial charge is 0.346 e. The quantitative estimate of drug-likeness (QED) is 0.570. The third kappa shape index (κ3) is 3.09. The second kappa shape index (κ2) is 5.81. The number of hydrazine groups is 1. The van der Waals surface area contributed by atoms with Crippen molar-refractivity contribution in [2.75, 3.05) is 5.43 Å². The second-order valence-corrected chi connectivity index (χ2v) is 4.74. The average molecular weight is 325 g/mol. The zero-order chi connectivity index (χ0) is 13.8. The predicted molar refractivity (Wildman–Crippen MR) is 74.1 cm³/mol. The number of hydrogen-bond acceptors (Lipinski definition) is 5. The lowest BCUT2D eigenvalue weighted by Gasteiger charge is -2.09. The van der Waals surface area contributed by atoms with Gasteiger partial charge in [-0.25, -0.2) is 10.8 Å². The van der Waals surface area contributed by atoms with Crippen LogP contribution < -0.4 is 16.6 Å². The summed E-state index contributed by atoms with van der Waals surface area (Å²) in [5.41, 5.74) is 3.67. The minimum absolute atomic E-state index is 0.261. The van der Waals surface area contributed by atoms with Crippen LogP contribution in [0, 0.1) is 0 Å². The standard InChI is InChI=1S/C11H13BrN6O/c1-18-8(2-3-16-18)6-15-11(19)9-4-7(12)5-14-10(9)17-13/h2-5H,6,13H2,1H3,(H,14,17)(H,15,19). The molecule has 2 rings (SSSR count). The molecular weight excluding hydrogens is 312 g/mol. The van der Waals surface area contributed by atoms with Crippen LogP contribution in [0.15, 0.2) is 29.0 Å². The Balaban J connectivity index is 2.12. The Morgan fingerprint density at radius 2 is 2.37 bits per heavy atom. The lowest BCUT2D eigenvalue weighted by Crippen LogP contribution is -2.26. The highest BCUT2D eigenvalue weighted by molar-refractivity contribution is 9.10. The van der Waals surface area contributed by atoms with Gasteiger partial charge in [-0.1, -0.05) is 0 Å². The zero-order valence-corrected chi connectivity index (χ0v) is 11.8. The maximum Gasteiger partial charge on any atom is 0.255 e. The van der Waals surface area contributed by atoms with E-state index in [1.807, 2.05) is 13.1 Å². The Hall–Kier alpha value is -1.93. The van der Waals surface area contributed by atoms with Gasteiger partial charge >= 0.3 is 0 Å². The van der Waals surface area contributed by atoms with E-state index in [0.29, 0.717) is 22.4 Å². The number of carbonyl (C=O) groups excluding carboxylic acids is 1. The van der Waals surface area contributed by atoms with E-state index < -0.39 is 0 Å². The summed E-state index contributed by atoms with van der Waals surface area (Å²) < 4.78 is 2.40. The van der Waals surface area contributed by atoms with E-state index in [1.54, 1.807) is 23.1 Å². The van der Waals surface area contributed by atoms with Crippen LogP contribution in [0.4, 0.5) is 5.82 Å². The molecule has 0 aromatic carbocycles. The second-order valence-electron chi connectivity index (χ2n) is 3.82. The van der Waals surface area contributed by atoms with Gasteiger partial charge in [0, 0.05) is 23.9 Å². The maximum absolute atomic E-state index is 12.1. The number of nitrogen functional groups attached to an aromatic ring is 1. The van der Waals surface area contributed by atoms with Crippen molar-refractivity contribution < 1.29 is 4.79 Å². The van der Waals surface area contributed by atoms with Crippen LogP contribution in [0.1, 0.15) is 16.1 Å². The smallest absolute Gasteiger partial charge is 0.255 e. The van der Waals surface area contributed by atoms with Crippen molar-refractivity contribution in [1.29, 1.82) is 0 Å². The van der Waals surface area contributed by atoms with Crippen molar-refractivity contribution >= 4 is 27.7 Å². The molecule has 2 heterocycles. The number of nitrogens with two attached hydrogens (primary N) is 1. The highest BCUT2D eigenvalue weighted by Gasteiger charge is 2.13. The lowest BCUT2D eigenvalue weighted by molar-refractivity contribution is 0.0950. The van der Waals surface area contributed by atoms with Gasteiger partial charge in [0.05, 0.1) is 17.8 Å². The SMILES string of the molecule is Cn1nccc1CNC(=O)c1cc(Br)cnc1NN. The molecule has 0 saturated heterocycles. The molecule has 4 N–H and O–H groups in total. The van der Waals surface area contributed by atoms with Gasteiger partial charge in [-0.2, -0.15) is 5.10 Å². The summed E-state index contributed by atoms with van der Waals surface area (Å²) in [5, 5.41) is 6.82. The molecular formula is C11H13BrN6O. The molecule has 7 nitrogen and oxygen atoms in total. The topological polar surface area (TPSA) is 97.9 Å². The van der Waals surface area contributed by atoms with Gasteiger partial charge in [0.1, 0.15) is 0 Å². The van der Waals surface area contributed by atoms with Crippen molar-refractivity contribution in [3.8, 4) is 0 Å². The number of anilines is 1. The van der Waals surface area contributed by atoms with E-state index in [-0.39, 0.29) is 5.91 Å². The Morgan fingerprint density at radius 3 is 3.00 bits per heavy atom. The first-order chi connectivity index (χ1) is 9.11. The number of nitrogens with one attached hydrogen (secondary N) is 2. The molecule has 2 aromatic heterocycles. The third-order valence-electron chi connectivity index (χ3n) is 2.59. The summed E-state index contributed by atoms with van der Waals surface area (Å²) >= 11 is 3.27. The number of pyridine rings is 1. The number of aryl methyl sites for hydroxylation is 1. The fourth-order valence-electron chi connectivity index (χ4n) is 1.57. The molecule has 0 atom stereocenters. The number of carbonyl (C=O) groups is 1. The highest BCUT2D eigenvalue weighted by atomic mass is 79.9. The van der Waals surface area contributed by atoms with Crippen molar-refractivity contribution in [3.05, 3.63) is 40.3 Å². The minimum atomic E-state index is -0.261. The van der Waals surface area contributed by atoms with Gasteiger partial charge in [-0.05, 0) is 28.1 Å². The molecule has 0 bridgehead atoms. The monoisotopic (exact) mass is 324 g/mol. The van der Waals surface area contributed by atoms with Gasteiger partial charge in [-0.3, -0.25) is 9.48 Å². The molecule has 0 aliphatic rings. The van der Waals surface area contributed by atoms with Gasteiger partial charge in [0.25, 0.3) is 5.91 Å². The first-order valence-corrected chi connectivity index (χ1v) is 6.28. The summed E-state index contributed by atoms with van der Waals surface area (Å²) in [6, 6.07) is 3.49. The van der Waals surface area contributed by atoms with E-state index in [2.05, 4.69) is 36.8 Å². The molecule has 0 fully saturated rings. The molecule has 0 unspecified atom stereocenters. The first-order valence-electron chi connectivity index (χ1n) is 5.49. The zero-order valence-electron chi connectivity index (χ0n) is 10.2. The van der Waals surface area contributed by atoms with Gasteiger partial charge in [0.2, 0.25) is 0 Å². The number of rotatable bonds is 4. The van der Waals surface area contributed by atoms with Crippen LogP contribution in [-0.2, 0) is 13.6 Å². The molecule has 0 aliphatic carbocycles. The van der Waals surface area contributed by atoms with Crippen molar-refractivity contribution in [2.45, 2.75) is 6.54 Å². The van der Waals surface area contributed by atoms with Gasteiger partial charge in [-0.15, -0.1) is 0 Å². The summed E-state index contributed by atoms with van der Waals surface area (Å²) in [6.45, 7) is 0.381. The van der Waals surface area contributed by atoms with Crippen LogP contribution in [0.3, 0.4) is 0 Å². The fraction of sp³-hybridized carbons (Fsp3) is 0.182. The molecule has 2 aromatic rings. The molecule has 8 heteroatoms. The normalized spacial score (nSPS) is 10.3. The predicted octanol–water partition coefficient (Wildman–Crippen LogP) is 0.793. The van der Waals surface area contributed by atoms with Crippen LogP contribution in [0.25, 0.3) is 0 Å². The third-order valence-corrected chi connectivity index (χ3v) is 3.02. The highest BCUT2D eigenvalue weighted by Crippen LogP contribution is 2.17. The summed E-state index contributed by atoms with van der Waals surface area (Å²) in [6.07, 6.45) is 3.24. The van der Waals surface area contributed by atoms with Gasteiger partial charge in [0.15, 0.2) is 5.82 Å². The van der Waals surface area contributed by atoms with E-state index in [9.17, 15) is 4.79 Å². The van der Waals surface area contributed by atoms with E-state index >= 15 is 0 Å². The van der Waals surface area contributed by atoms with Crippen LogP contribution in [-0.4, -0.2) is 20.7 Å². The minimum Gasteiger partial charge on any atom is -0.346 e. The molecule has 0 aliphatic heterocycles. The van der Waals surface area contributed by atoms with Gasteiger partial charge < -0.3 is 10.7 Å². The fourth-order valence-corrected chi connectivity index (χ4v) is 1.90. The number of aromatic nitrogens is 3. The van der Waals surface area contributed by atoms with Crippen LogP contribution in [0.5, 0.6) is 0 Å². The van der Waals surface area contributed by atoms with Crippen LogP contribution in [0.2, 0.25) is 0 Å². The summed E-state index contributed by atoms with van der Waals surface area (Å²) in [4.78, 5) is 16.1. The molecule has 1 amide bonds. The summed E-state index contributed by atoms with van der Waals surface area (Å²) in [5.74, 6) is 5.40. The molecule has 19 heavy (non-hydrogen) atoms. The van der Waals surface area contributed by atoms with E-state index in [1.165, 1.54) is 0 Å². The Kier molecular flexibility index (Phi) is 4.13. The van der Waals surface area contributed by atoms with E-state index in [4.69, 9.17) is 5.84 Å². The summed E-state index contributed by atoms with van der Waals surface area (Å²) in [7, 11) is 1.81. The number of hydrogen-bond donors (Lipinski definition) is 3. The lowest BCUT2D eigenvalue weighted by atomic mass is 10.2. The number of nitrogens with zero attached hydrogens (tertiary/aromatic N) is 3. The molecule has 0 spiro atoms. The van der Waals surface area contributed by atoms with Crippen molar-refractivity contribution in [3.63, 3.8) is 0 Å². The molecule has 100 valence electrons. The Labute approximate surface area is 118 Å². The Bertz CT molecular complexity index is 597. The van der Waals surface area contributed by atoms with Crippen molar-refractivity contribution in [1.82, 2.24) is 20.1 Å². The first kappa shape index (κ1) is 13.5. The Morgan fingerprint density at radius 1 is 1.58 bits per heavy atom. The number of halogens is 1. The molecule has 0 radical (unpaired) electrons. The number of amides is 1. The van der Waals surface area contributed by atoms with Crippen LogP contribution >= 0.6 is 15.9 Å². The maximum atomic E-state index is 12.1. The molecule has 0 saturated carbocycles. The average Bonchev–Trinajstić information content (AvgIpc) is 2.81. The van der Waals surface area contributed by atoms with Crippen molar-refractivity contribution in [2.24, 2.45) is 12.9 Å². The van der Waals surface area contributed by atoms with E-state index in [0.717, 1.165) is 5.69 Å².